The zero-order chi connectivity index (χ0) is 18.1. The van der Waals surface area contributed by atoms with Crippen LogP contribution in [-0.4, -0.2) is 31.6 Å². The quantitative estimate of drug-likeness (QED) is 0.681. The van der Waals surface area contributed by atoms with E-state index in [9.17, 15) is 13.2 Å². The molecule has 0 fully saturated rings. The molecule has 0 aliphatic carbocycles. The predicted octanol–water partition coefficient (Wildman–Crippen LogP) is 3.54. The van der Waals surface area contributed by atoms with Crippen molar-refractivity contribution in [1.29, 1.82) is 0 Å². The van der Waals surface area contributed by atoms with E-state index in [0.29, 0.717) is 0 Å². The average Bonchev–Trinajstić information content (AvgIpc) is 2.61. The van der Waals surface area contributed by atoms with Gasteiger partial charge in [-0.25, -0.2) is 8.42 Å². The topological polar surface area (TPSA) is 54.5 Å². The van der Waals surface area contributed by atoms with E-state index >= 15 is 0 Å². The maximum Gasteiger partial charge on any atom is 0.243 e. The zero-order valence-electron chi connectivity index (χ0n) is 14.1. The molecule has 4 nitrogen and oxygen atoms in total. The summed E-state index contributed by atoms with van der Waals surface area (Å²) in [6, 6.07) is 18.0. The molecule has 0 saturated heterocycles. The molecular formula is C20H21NO3S. The number of carbonyl (C=O) groups excluding carboxylic acids is 1. The van der Waals surface area contributed by atoms with Gasteiger partial charge >= 0.3 is 0 Å². The first-order chi connectivity index (χ1) is 12.0. The van der Waals surface area contributed by atoms with Gasteiger partial charge in [0, 0.05) is 13.1 Å². The Morgan fingerprint density at radius 3 is 2.08 bits per heavy atom. The van der Waals surface area contributed by atoms with Gasteiger partial charge in [-0.15, -0.1) is 0 Å². The highest BCUT2D eigenvalue weighted by Crippen LogP contribution is 2.15. The lowest BCUT2D eigenvalue weighted by atomic mass is 10.2. The van der Waals surface area contributed by atoms with E-state index in [1.165, 1.54) is 17.3 Å². The van der Waals surface area contributed by atoms with E-state index in [-0.39, 0.29) is 23.8 Å². The monoisotopic (exact) mass is 355 g/mol. The number of ketones is 1. The zero-order valence-corrected chi connectivity index (χ0v) is 14.9. The van der Waals surface area contributed by atoms with Crippen LogP contribution in [0.5, 0.6) is 0 Å². The van der Waals surface area contributed by atoms with E-state index in [0.717, 1.165) is 5.56 Å². The number of sulfonamides is 1. The Bertz CT molecular complexity index is 841. The summed E-state index contributed by atoms with van der Waals surface area (Å²) in [4.78, 5) is 11.3. The van der Waals surface area contributed by atoms with Crippen molar-refractivity contribution in [1.82, 2.24) is 4.31 Å². The highest BCUT2D eigenvalue weighted by Gasteiger charge is 2.22. The van der Waals surface area contributed by atoms with Crippen LogP contribution in [0.25, 0.3) is 6.08 Å². The van der Waals surface area contributed by atoms with Gasteiger partial charge in [0.2, 0.25) is 10.0 Å². The molecule has 0 atom stereocenters. The highest BCUT2D eigenvalue weighted by molar-refractivity contribution is 7.89. The summed E-state index contributed by atoms with van der Waals surface area (Å²) in [5.74, 6) is -0.114. The van der Waals surface area contributed by atoms with Crippen LogP contribution in [-0.2, 0) is 14.8 Å². The summed E-state index contributed by atoms with van der Waals surface area (Å²) >= 11 is 0. The molecule has 0 bridgehead atoms. The lowest BCUT2D eigenvalue weighted by Gasteiger charge is -2.19. The summed E-state index contributed by atoms with van der Waals surface area (Å²) in [6.45, 7) is 1.78. The second kappa shape index (κ2) is 9.11. The SMILES string of the molecule is CC(=O)/C=C/CN(C/C=C/c1ccccc1)S(=O)(=O)c1ccccc1. The Labute approximate surface area is 149 Å². The van der Waals surface area contributed by atoms with Crippen molar-refractivity contribution in [3.05, 3.63) is 84.5 Å². The van der Waals surface area contributed by atoms with Crippen molar-refractivity contribution >= 4 is 21.9 Å². The molecule has 5 heteroatoms. The molecule has 2 aromatic carbocycles. The van der Waals surface area contributed by atoms with Gasteiger partial charge in [0.1, 0.15) is 0 Å². The Kier molecular flexibility index (Phi) is 6.86. The smallest absolute Gasteiger partial charge is 0.243 e. The fourth-order valence-corrected chi connectivity index (χ4v) is 3.58. The summed E-state index contributed by atoms with van der Waals surface area (Å²) in [7, 11) is -3.63. The lowest BCUT2D eigenvalue weighted by Crippen LogP contribution is -2.31. The molecule has 25 heavy (non-hydrogen) atoms. The van der Waals surface area contributed by atoms with Gasteiger partial charge in [-0.2, -0.15) is 4.31 Å². The molecule has 2 aromatic rings. The van der Waals surface area contributed by atoms with Gasteiger partial charge in [0.05, 0.1) is 4.90 Å². The van der Waals surface area contributed by atoms with Crippen LogP contribution in [0.2, 0.25) is 0 Å². The molecular weight excluding hydrogens is 334 g/mol. The molecule has 2 rings (SSSR count). The van der Waals surface area contributed by atoms with E-state index in [1.54, 1.807) is 42.5 Å². The number of carbonyl (C=O) groups is 1. The predicted molar refractivity (Wildman–Crippen MR) is 100 cm³/mol. The number of nitrogens with zero attached hydrogens (tertiary/aromatic N) is 1. The van der Waals surface area contributed by atoms with Crippen LogP contribution >= 0.6 is 0 Å². The molecule has 0 aliphatic heterocycles. The lowest BCUT2D eigenvalue weighted by molar-refractivity contribution is -0.112. The second-order valence-corrected chi connectivity index (χ2v) is 7.40. The van der Waals surface area contributed by atoms with Gasteiger partial charge in [-0.05, 0) is 30.7 Å². The molecule has 0 aliphatic rings. The van der Waals surface area contributed by atoms with Crippen LogP contribution < -0.4 is 0 Å². The van der Waals surface area contributed by atoms with Gasteiger partial charge in [-0.1, -0.05) is 66.8 Å². The number of hydrogen-bond acceptors (Lipinski definition) is 3. The minimum absolute atomic E-state index is 0.114. The maximum atomic E-state index is 12.8. The van der Waals surface area contributed by atoms with E-state index in [2.05, 4.69) is 0 Å². The number of rotatable bonds is 8. The average molecular weight is 355 g/mol. The Balaban J connectivity index is 2.20. The van der Waals surface area contributed by atoms with Gasteiger partial charge in [0.25, 0.3) is 0 Å². The van der Waals surface area contributed by atoms with Crippen LogP contribution in [0, 0.1) is 0 Å². The van der Waals surface area contributed by atoms with Gasteiger partial charge in [-0.3, -0.25) is 4.79 Å². The van der Waals surface area contributed by atoms with Crippen molar-refractivity contribution in [2.24, 2.45) is 0 Å². The fraction of sp³-hybridized carbons (Fsp3) is 0.150. The second-order valence-electron chi connectivity index (χ2n) is 5.46. The summed E-state index contributed by atoms with van der Waals surface area (Å²) in [5.41, 5.74) is 0.999. The van der Waals surface area contributed by atoms with Crippen molar-refractivity contribution in [2.45, 2.75) is 11.8 Å². The molecule has 0 heterocycles. The third-order valence-electron chi connectivity index (χ3n) is 3.46. The van der Waals surface area contributed by atoms with Crippen LogP contribution in [0.15, 0.2) is 83.8 Å². The highest BCUT2D eigenvalue weighted by atomic mass is 32.2. The van der Waals surface area contributed by atoms with Crippen molar-refractivity contribution in [2.75, 3.05) is 13.1 Å². The minimum Gasteiger partial charge on any atom is -0.295 e. The van der Waals surface area contributed by atoms with E-state index < -0.39 is 10.0 Å². The number of allylic oxidation sites excluding steroid dienone is 1. The third kappa shape index (κ3) is 5.81. The van der Waals surface area contributed by atoms with Crippen LogP contribution in [0.4, 0.5) is 0 Å². The Morgan fingerprint density at radius 1 is 0.920 bits per heavy atom. The third-order valence-corrected chi connectivity index (χ3v) is 5.31. The van der Waals surface area contributed by atoms with Crippen molar-refractivity contribution < 1.29 is 13.2 Å². The van der Waals surface area contributed by atoms with Crippen LogP contribution in [0.3, 0.4) is 0 Å². The Morgan fingerprint density at radius 2 is 1.48 bits per heavy atom. The molecule has 0 saturated carbocycles. The van der Waals surface area contributed by atoms with Crippen LogP contribution in [0.1, 0.15) is 12.5 Å². The molecule has 0 amide bonds. The van der Waals surface area contributed by atoms with E-state index in [4.69, 9.17) is 0 Å². The summed E-state index contributed by atoms with van der Waals surface area (Å²) < 4.78 is 27.0. The standard InChI is InChI=1S/C20H21NO3S/c1-18(22)10-8-16-21(17-9-13-19-11-4-2-5-12-19)25(23,24)20-14-6-3-7-15-20/h2-15H,16-17H2,1H3/b10-8+,13-9+. The maximum absolute atomic E-state index is 12.8. The normalized spacial score (nSPS) is 12.2. The summed E-state index contributed by atoms with van der Waals surface area (Å²) in [5, 5.41) is 0. The molecule has 0 spiro atoms. The number of hydrogen-bond donors (Lipinski definition) is 0. The first kappa shape index (κ1) is 18.8. The molecule has 0 N–H and O–H groups in total. The first-order valence-electron chi connectivity index (χ1n) is 7.94. The van der Waals surface area contributed by atoms with Gasteiger partial charge in [0.15, 0.2) is 5.78 Å². The fourth-order valence-electron chi connectivity index (χ4n) is 2.22. The van der Waals surface area contributed by atoms with E-state index in [1.807, 2.05) is 36.4 Å². The molecule has 130 valence electrons. The van der Waals surface area contributed by atoms with Crippen molar-refractivity contribution in [3.8, 4) is 0 Å². The molecule has 0 aromatic heterocycles. The van der Waals surface area contributed by atoms with Crippen molar-refractivity contribution in [3.63, 3.8) is 0 Å². The Hall–Kier alpha value is -2.50. The first-order valence-corrected chi connectivity index (χ1v) is 9.38. The molecule has 0 radical (unpaired) electrons. The minimum atomic E-state index is -3.63. The summed E-state index contributed by atoms with van der Waals surface area (Å²) in [6.07, 6.45) is 6.63. The molecule has 0 unspecified atom stereocenters. The van der Waals surface area contributed by atoms with Gasteiger partial charge < -0.3 is 0 Å². The number of benzene rings is 2. The largest absolute Gasteiger partial charge is 0.295 e.